The van der Waals surface area contributed by atoms with E-state index in [1.165, 1.54) is 11.9 Å². The first-order chi connectivity index (χ1) is 9.16. The van der Waals surface area contributed by atoms with Crippen LogP contribution in [0.3, 0.4) is 0 Å². The number of carbonyl (C=O) groups is 1. The fraction of sp³-hybridized carbons (Fsp3) is 0.455. The van der Waals surface area contributed by atoms with Crippen molar-refractivity contribution in [2.45, 2.75) is 25.9 Å². The van der Waals surface area contributed by atoms with Crippen molar-refractivity contribution in [3.05, 3.63) is 33.2 Å². The third-order valence-corrected chi connectivity index (χ3v) is 2.31. The number of hydrogen-bond acceptors (Lipinski definition) is 3. The molecule has 1 aromatic rings. The number of hydrogen-bond donors (Lipinski definition) is 1. The number of ether oxygens (including phenoxy) is 1. The van der Waals surface area contributed by atoms with E-state index < -0.39 is 47.4 Å². The Kier molecular flexibility index (Phi) is 4.85. The van der Waals surface area contributed by atoms with E-state index in [9.17, 15) is 31.5 Å². The second-order valence-electron chi connectivity index (χ2n) is 3.73. The van der Waals surface area contributed by atoms with Gasteiger partial charge >= 0.3 is 12.1 Å². The van der Waals surface area contributed by atoms with Crippen molar-refractivity contribution < 1.29 is 31.5 Å². The Bertz CT molecular complexity index is 550. The van der Waals surface area contributed by atoms with Crippen LogP contribution in [-0.2, 0) is 22.1 Å². The third kappa shape index (κ3) is 3.78. The fourth-order valence-corrected chi connectivity index (χ4v) is 1.49. The summed E-state index contributed by atoms with van der Waals surface area (Å²) in [6, 6.07) is 0.247. The van der Waals surface area contributed by atoms with Gasteiger partial charge in [-0.15, -0.1) is 0 Å². The van der Waals surface area contributed by atoms with Crippen LogP contribution in [0.25, 0.3) is 0 Å². The van der Waals surface area contributed by atoms with Gasteiger partial charge in [-0.1, -0.05) is 0 Å². The zero-order valence-corrected chi connectivity index (χ0v) is 10.2. The predicted octanol–water partition coefficient (Wildman–Crippen LogP) is 2.44. The summed E-state index contributed by atoms with van der Waals surface area (Å²) in [5.41, 5.74) is -4.96. The van der Waals surface area contributed by atoms with Gasteiger partial charge in [-0.3, -0.25) is 9.59 Å². The zero-order valence-electron chi connectivity index (χ0n) is 10.2. The molecule has 0 aliphatic rings. The lowest BCUT2D eigenvalue weighted by molar-refractivity contribution is -0.143. The van der Waals surface area contributed by atoms with Gasteiger partial charge in [-0.25, -0.2) is 8.78 Å². The first-order valence-corrected chi connectivity index (χ1v) is 5.43. The van der Waals surface area contributed by atoms with Crippen molar-refractivity contribution in [2.24, 2.45) is 0 Å². The highest BCUT2D eigenvalue weighted by molar-refractivity contribution is 5.72. The molecule has 0 unspecified atom stereocenters. The molecule has 1 heterocycles. The predicted molar refractivity (Wildman–Crippen MR) is 57.4 cm³/mol. The van der Waals surface area contributed by atoms with Crippen molar-refractivity contribution in [1.29, 1.82) is 0 Å². The van der Waals surface area contributed by atoms with Gasteiger partial charge < -0.3 is 9.72 Å². The molecule has 0 amide bonds. The Morgan fingerprint density at radius 2 is 2.00 bits per heavy atom. The maximum atomic E-state index is 12.6. The van der Waals surface area contributed by atoms with E-state index in [-0.39, 0.29) is 12.7 Å². The monoisotopic (exact) mass is 299 g/mol. The van der Waals surface area contributed by atoms with E-state index in [2.05, 4.69) is 4.74 Å². The Labute approximate surface area is 109 Å². The highest BCUT2D eigenvalue weighted by Gasteiger charge is 2.37. The van der Waals surface area contributed by atoms with Crippen molar-refractivity contribution in [3.63, 3.8) is 0 Å². The molecule has 1 N–H and O–H groups in total. The molecule has 0 radical (unpaired) electrons. The number of halogens is 5. The lowest BCUT2D eigenvalue weighted by Gasteiger charge is -2.13. The van der Waals surface area contributed by atoms with Crippen LogP contribution in [0.5, 0.6) is 0 Å². The largest absolute Gasteiger partial charge is 0.466 e. The van der Waals surface area contributed by atoms with Crippen LogP contribution in [-0.4, -0.2) is 17.6 Å². The molecule has 0 fully saturated rings. The smallest absolute Gasteiger partial charge is 0.418 e. The summed E-state index contributed by atoms with van der Waals surface area (Å²) in [4.78, 5) is 24.0. The summed E-state index contributed by atoms with van der Waals surface area (Å²) in [5, 5.41) is 0. The zero-order chi connectivity index (χ0) is 15.5. The molecule has 1 aromatic heterocycles. The second-order valence-corrected chi connectivity index (χ2v) is 3.73. The maximum absolute atomic E-state index is 12.6. The molecule has 0 bridgehead atoms. The molecule has 0 aliphatic carbocycles. The quantitative estimate of drug-likeness (QED) is 0.686. The summed E-state index contributed by atoms with van der Waals surface area (Å²) in [5.74, 6) is -0.920. The van der Waals surface area contributed by atoms with Gasteiger partial charge in [0.15, 0.2) is 0 Å². The van der Waals surface area contributed by atoms with Crippen LogP contribution in [0.4, 0.5) is 22.0 Å². The van der Waals surface area contributed by atoms with Crippen LogP contribution in [0.1, 0.15) is 30.2 Å². The molecule has 0 spiro atoms. The van der Waals surface area contributed by atoms with Crippen molar-refractivity contribution in [1.82, 2.24) is 4.98 Å². The van der Waals surface area contributed by atoms with Crippen LogP contribution in [0.2, 0.25) is 0 Å². The molecule has 20 heavy (non-hydrogen) atoms. The van der Waals surface area contributed by atoms with Crippen LogP contribution in [0.15, 0.2) is 10.9 Å². The van der Waals surface area contributed by atoms with Crippen LogP contribution in [0, 0.1) is 0 Å². The molecule has 0 aliphatic heterocycles. The van der Waals surface area contributed by atoms with Gasteiger partial charge in [0.2, 0.25) is 0 Å². The summed E-state index contributed by atoms with van der Waals surface area (Å²) in [6.07, 6.45) is -9.29. The lowest BCUT2D eigenvalue weighted by atomic mass is 10.1. The van der Waals surface area contributed by atoms with Gasteiger partial charge in [-0.05, 0) is 13.0 Å². The summed E-state index contributed by atoms with van der Waals surface area (Å²) in [6.45, 7) is 1.46. The summed E-state index contributed by atoms with van der Waals surface area (Å²) >= 11 is 0. The standard InChI is InChI=1S/C11H10F5NO3/c1-2-20-7(18)4-5-3-6(11(14,15)16)8(9(12)13)17-10(5)19/h3,9H,2,4H2,1H3,(H,17,19). The average Bonchev–Trinajstić information content (AvgIpc) is 2.29. The highest BCUT2D eigenvalue weighted by atomic mass is 19.4. The number of H-pyrrole nitrogens is 1. The lowest BCUT2D eigenvalue weighted by Crippen LogP contribution is -2.23. The van der Waals surface area contributed by atoms with E-state index in [1.54, 1.807) is 0 Å². The minimum Gasteiger partial charge on any atom is -0.466 e. The van der Waals surface area contributed by atoms with Crippen molar-refractivity contribution >= 4 is 5.97 Å². The number of nitrogens with one attached hydrogen (secondary N) is 1. The Balaban J connectivity index is 3.29. The SMILES string of the molecule is CCOC(=O)Cc1cc(C(F)(F)F)c(C(F)F)[nH]c1=O. The Morgan fingerprint density at radius 3 is 2.45 bits per heavy atom. The molecule has 0 saturated carbocycles. The molecule has 1 rings (SSSR count). The Hall–Kier alpha value is -1.93. The molecular formula is C11H10F5NO3. The second kappa shape index (κ2) is 6.02. The average molecular weight is 299 g/mol. The van der Waals surface area contributed by atoms with Crippen LogP contribution < -0.4 is 5.56 Å². The fourth-order valence-electron chi connectivity index (χ4n) is 1.49. The summed E-state index contributed by atoms with van der Waals surface area (Å²) in [7, 11) is 0. The third-order valence-electron chi connectivity index (χ3n) is 2.31. The molecule has 112 valence electrons. The molecule has 0 aromatic carbocycles. The minimum atomic E-state index is -5.07. The van der Waals surface area contributed by atoms with Gasteiger partial charge in [0.25, 0.3) is 12.0 Å². The Morgan fingerprint density at radius 1 is 1.40 bits per heavy atom. The number of aromatic nitrogens is 1. The first-order valence-electron chi connectivity index (χ1n) is 5.43. The van der Waals surface area contributed by atoms with Gasteiger partial charge in [0.05, 0.1) is 24.3 Å². The first kappa shape index (κ1) is 16.1. The maximum Gasteiger partial charge on any atom is 0.418 e. The molecule has 4 nitrogen and oxygen atoms in total. The molecule has 0 atom stereocenters. The molecule has 9 heteroatoms. The van der Waals surface area contributed by atoms with E-state index in [1.807, 2.05) is 0 Å². The van der Waals surface area contributed by atoms with Gasteiger partial charge in [0.1, 0.15) is 0 Å². The molecule has 0 saturated heterocycles. The van der Waals surface area contributed by atoms with E-state index in [4.69, 9.17) is 0 Å². The number of pyridine rings is 1. The number of carbonyl (C=O) groups excluding carboxylic acids is 1. The van der Waals surface area contributed by atoms with Crippen molar-refractivity contribution in [2.75, 3.05) is 6.61 Å². The van der Waals surface area contributed by atoms with E-state index in [0.717, 1.165) is 0 Å². The number of rotatable bonds is 4. The normalized spacial score (nSPS) is 11.8. The number of alkyl halides is 5. The topological polar surface area (TPSA) is 59.2 Å². The number of esters is 1. The number of aromatic amines is 1. The van der Waals surface area contributed by atoms with E-state index in [0.29, 0.717) is 0 Å². The van der Waals surface area contributed by atoms with Gasteiger partial charge in [0, 0.05) is 5.56 Å². The van der Waals surface area contributed by atoms with Crippen molar-refractivity contribution in [3.8, 4) is 0 Å². The minimum absolute atomic E-state index is 0.0159. The highest BCUT2D eigenvalue weighted by Crippen LogP contribution is 2.34. The van der Waals surface area contributed by atoms with Crippen LogP contribution >= 0.6 is 0 Å². The molecular weight excluding hydrogens is 289 g/mol. The van der Waals surface area contributed by atoms with E-state index >= 15 is 0 Å². The van der Waals surface area contributed by atoms with Gasteiger partial charge in [-0.2, -0.15) is 13.2 Å². The summed E-state index contributed by atoms with van der Waals surface area (Å²) < 4.78 is 67.4.